The van der Waals surface area contributed by atoms with Crippen LogP contribution in [0.3, 0.4) is 0 Å². The van der Waals surface area contributed by atoms with Gasteiger partial charge in [-0.1, -0.05) is 11.6 Å². The van der Waals surface area contributed by atoms with Gasteiger partial charge in [0.25, 0.3) is 0 Å². The fraction of sp³-hybridized carbons (Fsp3) is 0.167. The molecular weight excluding hydrogens is 529 g/mol. The number of benzene rings is 2. The van der Waals surface area contributed by atoms with Crippen molar-refractivity contribution in [1.82, 2.24) is 19.1 Å². The molecule has 1 saturated heterocycles. The van der Waals surface area contributed by atoms with Crippen LogP contribution in [0.4, 0.5) is 24.5 Å². The molecule has 0 atom stereocenters. The van der Waals surface area contributed by atoms with Gasteiger partial charge in [-0.25, -0.2) is 17.9 Å². The molecule has 0 spiro atoms. The van der Waals surface area contributed by atoms with E-state index in [0.29, 0.717) is 31.5 Å². The Bertz CT molecular complexity index is 1570. The number of nitrogens with two attached hydrogens (primary N) is 1. The first-order chi connectivity index (χ1) is 17.6. The topological polar surface area (TPSA) is 106 Å². The normalized spacial score (nSPS) is 14.3. The van der Waals surface area contributed by atoms with Crippen LogP contribution in [-0.2, 0) is 10.2 Å². The number of nitrogens with one attached hydrogen (secondary N) is 1. The van der Waals surface area contributed by atoms with Gasteiger partial charge in [0.05, 0.1) is 5.69 Å². The van der Waals surface area contributed by atoms with Gasteiger partial charge in [0.15, 0.2) is 17.5 Å². The number of pyridine rings is 1. The van der Waals surface area contributed by atoms with Crippen LogP contribution in [0, 0.1) is 17.5 Å². The molecule has 37 heavy (non-hydrogen) atoms. The maximum atomic E-state index is 15.9. The van der Waals surface area contributed by atoms with E-state index in [0.717, 1.165) is 22.9 Å². The van der Waals surface area contributed by atoms with Crippen molar-refractivity contribution < 1.29 is 21.6 Å². The van der Waals surface area contributed by atoms with E-state index in [2.05, 4.69) is 14.8 Å². The van der Waals surface area contributed by atoms with Gasteiger partial charge >= 0.3 is 10.2 Å². The van der Waals surface area contributed by atoms with E-state index < -0.39 is 33.3 Å². The third-order valence-corrected chi connectivity index (χ3v) is 7.65. The standard InChI is InChI=1S/C24H20ClF3N6O2S/c25-15-9-17(22(28)21(10-15)32-37(35,36)33-7-1-2-8-33)18-13-34(24-19(26)11-16(29)12-20(24)27)31-23(18)14-3-5-30-6-4-14/h3-6,9-13,32H,1-2,7-8,29H2. The molecule has 2 aromatic heterocycles. The van der Waals surface area contributed by atoms with E-state index in [-0.39, 0.29) is 33.2 Å². The first-order valence-electron chi connectivity index (χ1n) is 11.2. The zero-order valence-corrected chi connectivity index (χ0v) is 20.7. The summed E-state index contributed by atoms with van der Waals surface area (Å²) in [4.78, 5) is 3.95. The Morgan fingerprint density at radius 3 is 2.27 bits per heavy atom. The second-order valence-electron chi connectivity index (χ2n) is 8.43. The number of aromatic nitrogens is 3. The Balaban J connectivity index is 1.68. The largest absolute Gasteiger partial charge is 0.399 e. The summed E-state index contributed by atoms with van der Waals surface area (Å²) in [5.41, 5.74) is 5.15. The van der Waals surface area contributed by atoms with Crippen LogP contribution in [0.1, 0.15) is 12.8 Å². The van der Waals surface area contributed by atoms with Gasteiger partial charge in [-0.2, -0.15) is 17.8 Å². The second kappa shape index (κ2) is 9.69. The summed E-state index contributed by atoms with van der Waals surface area (Å²) in [7, 11) is -4.02. The van der Waals surface area contributed by atoms with Crippen LogP contribution in [0.5, 0.6) is 0 Å². The lowest BCUT2D eigenvalue weighted by molar-refractivity contribution is 0.482. The number of hydrogen-bond acceptors (Lipinski definition) is 5. The fourth-order valence-corrected chi connectivity index (χ4v) is 5.72. The molecule has 3 N–H and O–H groups in total. The van der Waals surface area contributed by atoms with Crippen molar-refractivity contribution >= 4 is 33.2 Å². The molecule has 1 fully saturated rings. The third kappa shape index (κ3) is 4.87. The van der Waals surface area contributed by atoms with E-state index in [4.69, 9.17) is 17.3 Å². The minimum absolute atomic E-state index is 0.0359. The Morgan fingerprint density at radius 2 is 1.62 bits per heavy atom. The highest BCUT2D eigenvalue weighted by atomic mass is 35.5. The van der Waals surface area contributed by atoms with Gasteiger partial charge in [0.1, 0.15) is 11.4 Å². The third-order valence-electron chi connectivity index (χ3n) is 5.91. The van der Waals surface area contributed by atoms with Gasteiger partial charge in [0, 0.05) is 59.1 Å². The summed E-state index contributed by atoms with van der Waals surface area (Å²) in [6, 6.07) is 7.50. The molecule has 0 amide bonds. The summed E-state index contributed by atoms with van der Waals surface area (Å²) in [5.74, 6) is -2.88. The van der Waals surface area contributed by atoms with Crippen LogP contribution in [0.15, 0.2) is 55.0 Å². The highest BCUT2D eigenvalue weighted by molar-refractivity contribution is 7.90. The smallest absolute Gasteiger partial charge is 0.301 e. The van der Waals surface area contributed by atoms with Crippen LogP contribution >= 0.6 is 11.6 Å². The molecule has 0 unspecified atom stereocenters. The molecule has 0 bridgehead atoms. The number of anilines is 2. The average molecular weight is 549 g/mol. The summed E-state index contributed by atoms with van der Waals surface area (Å²) in [5, 5.41) is 4.36. The minimum Gasteiger partial charge on any atom is -0.399 e. The van der Waals surface area contributed by atoms with Crippen molar-refractivity contribution in [3.05, 3.63) is 77.5 Å². The van der Waals surface area contributed by atoms with Crippen LogP contribution in [0.25, 0.3) is 28.1 Å². The zero-order valence-electron chi connectivity index (χ0n) is 19.1. The lowest BCUT2D eigenvalue weighted by Crippen LogP contribution is -2.33. The highest BCUT2D eigenvalue weighted by Crippen LogP contribution is 2.38. The van der Waals surface area contributed by atoms with Crippen molar-refractivity contribution in [3.63, 3.8) is 0 Å². The van der Waals surface area contributed by atoms with E-state index in [1.54, 1.807) is 12.1 Å². The Kier molecular flexibility index (Phi) is 6.56. The quantitative estimate of drug-likeness (QED) is 0.330. The number of hydrogen-bond donors (Lipinski definition) is 2. The van der Waals surface area contributed by atoms with Gasteiger partial charge < -0.3 is 5.73 Å². The van der Waals surface area contributed by atoms with Crippen LogP contribution in [0.2, 0.25) is 5.02 Å². The summed E-state index contributed by atoms with van der Waals surface area (Å²) >= 11 is 6.26. The van der Waals surface area contributed by atoms with Crippen molar-refractivity contribution in [2.45, 2.75) is 12.8 Å². The van der Waals surface area contributed by atoms with E-state index in [1.165, 1.54) is 29.0 Å². The van der Waals surface area contributed by atoms with Crippen molar-refractivity contribution in [2.24, 2.45) is 0 Å². The molecule has 13 heteroatoms. The van der Waals surface area contributed by atoms with E-state index in [9.17, 15) is 17.2 Å². The Labute approximate surface area is 215 Å². The molecule has 192 valence electrons. The molecule has 0 saturated carbocycles. The minimum atomic E-state index is -4.02. The number of halogens is 4. The first-order valence-corrected chi connectivity index (χ1v) is 13.0. The van der Waals surface area contributed by atoms with Gasteiger partial charge in [-0.15, -0.1) is 0 Å². The van der Waals surface area contributed by atoms with Crippen molar-refractivity contribution in [3.8, 4) is 28.1 Å². The Morgan fingerprint density at radius 1 is 0.973 bits per heavy atom. The monoisotopic (exact) mass is 548 g/mol. The van der Waals surface area contributed by atoms with Crippen molar-refractivity contribution in [2.75, 3.05) is 23.5 Å². The van der Waals surface area contributed by atoms with Gasteiger partial charge in [-0.3, -0.25) is 9.71 Å². The lowest BCUT2D eigenvalue weighted by atomic mass is 10.0. The molecule has 1 aliphatic rings. The molecule has 4 aromatic rings. The maximum absolute atomic E-state index is 15.9. The SMILES string of the molecule is Nc1cc(F)c(-n2cc(-c3cc(Cl)cc(NS(=O)(=O)N4CCCC4)c3F)c(-c3ccncc3)n2)c(F)c1. The first kappa shape index (κ1) is 25.1. The predicted octanol–water partition coefficient (Wildman–Crippen LogP) is 5.01. The molecule has 3 heterocycles. The van der Waals surface area contributed by atoms with Crippen LogP contribution < -0.4 is 10.5 Å². The molecule has 2 aromatic carbocycles. The predicted molar refractivity (Wildman–Crippen MR) is 135 cm³/mol. The molecule has 5 rings (SSSR count). The molecule has 1 aliphatic heterocycles. The lowest BCUT2D eigenvalue weighted by Gasteiger charge is -2.18. The van der Waals surface area contributed by atoms with E-state index >= 15 is 4.39 Å². The summed E-state index contributed by atoms with van der Waals surface area (Å²) < 4.78 is 75.3. The highest BCUT2D eigenvalue weighted by Gasteiger charge is 2.28. The number of nitrogens with zero attached hydrogens (tertiary/aromatic N) is 4. The Hall–Kier alpha value is -3.61. The zero-order chi connectivity index (χ0) is 26.3. The molecule has 0 radical (unpaired) electrons. The number of nitrogen functional groups attached to an aromatic ring is 1. The van der Waals surface area contributed by atoms with Crippen molar-refractivity contribution in [1.29, 1.82) is 0 Å². The molecule has 0 aliphatic carbocycles. The van der Waals surface area contributed by atoms with Gasteiger partial charge in [0.2, 0.25) is 0 Å². The number of rotatable bonds is 6. The van der Waals surface area contributed by atoms with Gasteiger partial charge in [-0.05, 0) is 49.2 Å². The van der Waals surface area contributed by atoms with E-state index in [1.807, 2.05) is 0 Å². The second-order valence-corrected chi connectivity index (χ2v) is 10.5. The average Bonchev–Trinajstić information content (AvgIpc) is 3.52. The summed E-state index contributed by atoms with van der Waals surface area (Å²) in [6.45, 7) is 0.643. The fourth-order valence-electron chi connectivity index (χ4n) is 4.20. The molecule has 8 nitrogen and oxygen atoms in total. The van der Waals surface area contributed by atoms with Crippen LogP contribution in [-0.4, -0.2) is 40.6 Å². The molecular formula is C24H20ClF3N6O2S. The summed E-state index contributed by atoms with van der Waals surface area (Å²) in [6.07, 6.45) is 5.60. The maximum Gasteiger partial charge on any atom is 0.301 e.